The fourth-order valence-electron chi connectivity index (χ4n) is 4.17. The van der Waals surface area contributed by atoms with Gasteiger partial charge in [0.05, 0.1) is 6.21 Å². The Morgan fingerprint density at radius 3 is 2.76 bits per heavy atom. The number of carbonyl (C=O) groups excluding carboxylic acids is 1. The van der Waals surface area contributed by atoms with Crippen LogP contribution in [-0.2, 0) is 0 Å². The molecular formula is C17H27N3O. The quantitative estimate of drug-likeness (QED) is 0.605. The average molecular weight is 289 g/mol. The van der Waals surface area contributed by atoms with E-state index in [1.807, 2.05) is 6.21 Å². The van der Waals surface area contributed by atoms with Gasteiger partial charge in [0.25, 0.3) is 0 Å². The number of carbonyl (C=O) groups is 1. The largest absolute Gasteiger partial charge is 0.335 e. The van der Waals surface area contributed by atoms with Crippen LogP contribution < -0.4 is 10.7 Å². The van der Waals surface area contributed by atoms with E-state index in [2.05, 4.69) is 35.8 Å². The Labute approximate surface area is 127 Å². The van der Waals surface area contributed by atoms with Gasteiger partial charge in [-0.25, -0.2) is 10.2 Å². The van der Waals surface area contributed by atoms with Crippen molar-refractivity contribution in [1.29, 1.82) is 0 Å². The van der Waals surface area contributed by atoms with E-state index in [-0.39, 0.29) is 6.03 Å². The zero-order chi connectivity index (χ0) is 14.9. The lowest BCUT2D eigenvalue weighted by Gasteiger charge is -2.55. The summed E-state index contributed by atoms with van der Waals surface area (Å²) in [7, 11) is 0. The number of hydrogen-bond acceptors (Lipinski definition) is 2. The van der Waals surface area contributed by atoms with Gasteiger partial charge >= 0.3 is 6.03 Å². The molecule has 4 nitrogen and oxygen atoms in total. The second-order valence-corrected chi connectivity index (χ2v) is 7.42. The molecule has 116 valence electrons. The lowest BCUT2D eigenvalue weighted by Crippen LogP contribution is -2.48. The van der Waals surface area contributed by atoms with Crippen LogP contribution in [0.25, 0.3) is 0 Å². The number of hydrogen-bond donors (Lipinski definition) is 2. The number of nitrogens with one attached hydrogen (secondary N) is 2. The predicted molar refractivity (Wildman–Crippen MR) is 85.1 cm³/mol. The summed E-state index contributed by atoms with van der Waals surface area (Å²) in [5.74, 6) is 1.45. The molecule has 0 saturated heterocycles. The predicted octanol–water partition coefficient (Wildman–Crippen LogP) is 3.60. The number of nitrogens with zero attached hydrogens (tertiary/aromatic N) is 1. The van der Waals surface area contributed by atoms with Crippen molar-refractivity contribution in [3.8, 4) is 0 Å². The Bertz CT molecular complexity index is 461. The van der Waals surface area contributed by atoms with Crippen LogP contribution in [0.1, 0.15) is 58.8 Å². The van der Waals surface area contributed by atoms with Gasteiger partial charge in [0.1, 0.15) is 0 Å². The standard InChI is InChI=1S/C17H27N3O/c1-17(2)13-9-8-12(15(17)10-13)11-18-20-16(21)19-14-6-4-3-5-7-14/h8,11,13-15H,3-7,9-10H2,1-2H3,(H2,19,20,21)/b18-11-/t13-,15-/m0/s1. The van der Waals surface area contributed by atoms with Gasteiger partial charge in [0, 0.05) is 6.04 Å². The minimum absolute atomic E-state index is 0.166. The van der Waals surface area contributed by atoms with Crippen molar-refractivity contribution in [2.24, 2.45) is 22.4 Å². The number of hydrazone groups is 1. The van der Waals surface area contributed by atoms with Gasteiger partial charge < -0.3 is 5.32 Å². The summed E-state index contributed by atoms with van der Waals surface area (Å²) in [5, 5.41) is 7.16. The van der Waals surface area contributed by atoms with Gasteiger partial charge in [-0.1, -0.05) is 39.2 Å². The van der Waals surface area contributed by atoms with Gasteiger partial charge in [-0.3, -0.25) is 0 Å². The molecule has 2 bridgehead atoms. The first-order valence-corrected chi connectivity index (χ1v) is 8.37. The lowest BCUT2D eigenvalue weighted by atomic mass is 9.49. The van der Waals surface area contributed by atoms with Crippen LogP contribution in [0, 0.1) is 17.3 Å². The van der Waals surface area contributed by atoms with Crippen molar-refractivity contribution in [3.05, 3.63) is 11.6 Å². The van der Waals surface area contributed by atoms with Crippen molar-refractivity contribution in [3.63, 3.8) is 0 Å². The molecule has 4 aliphatic rings. The highest BCUT2D eigenvalue weighted by Gasteiger charge is 2.50. The highest BCUT2D eigenvalue weighted by Crippen LogP contribution is 2.58. The molecule has 2 atom stereocenters. The van der Waals surface area contributed by atoms with Crippen molar-refractivity contribution >= 4 is 12.2 Å². The molecule has 2 amide bonds. The van der Waals surface area contributed by atoms with Crippen molar-refractivity contribution < 1.29 is 4.79 Å². The Morgan fingerprint density at radius 1 is 1.33 bits per heavy atom. The van der Waals surface area contributed by atoms with Gasteiger partial charge in [0.15, 0.2) is 0 Å². The van der Waals surface area contributed by atoms with E-state index < -0.39 is 0 Å². The molecule has 2 N–H and O–H groups in total. The molecule has 0 aromatic rings. The van der Waals surface area contributed by atoms with E-state index in [0.29, 0.717) is 17.4 Å². The van der Waals surface area contributed by atoms with Gasteiger partial charge in [-0.15, -0.1) is 0 Å². The van der Waals surface area contributed by atoms with Crippen LogP contribution in [0.5, 0.6) is 0 Å². The first kappa shape index (κ1) is 14.6. The van der Waals surface area contributed by atoms with E-state index in [1.54, 1.807) is 0 Å². The Morgan fingerprint density at radius 2 is 2.10 bits per heavy atom. The van der Waals surface area contributed by atoms with Crippen LogP contribution in [0.3, 0.4) is 0 Å². The second-order valence-electron chi connectivity index (χ2n) is 7.42. The first-order valence-electron chi connectivity index (χ1n) is 8.37. The highest BCUT2D eigenvalue weighted by molar-refractivity contribution is 5.82. The molecule has 2 saturated carbocycles. The SMILES string of the molecule is CC1(C)[C@H]2CC=C(/C=N\NC(=O)NC3CCCCC3)[C@@H]1C2. The Hall–Kier alpha value is -1.32. The molecule has 2 fully saturated rings. The van der Waals surface area contributed by atoms with E-state index in [4.69, 9.17) is 0 Å². The smallest absolute Gasteiger partial charge is 0.334 e. The zero-order valence-corrected chi connectivity index (χ0v) is 13.2. The summed E-state index contributed by atoms with van der Waals surface area (Å²) in [6.07, 6.45) is 12.5. The molecule has 0 aliphatic heterocycles. The molecule has 4 aliphatic carbocycles. The number of amides is 2. The molecule has 0 aromatic heterocycles. The molecule has 0 heterocycles. The van der Waals surface area contributed by atoms with E-state index in [0.717, 1.165) is 25.2 Å². The highest BCUT2D eigenvalue weighted by atomic mass is 16.2. The topological polar surface area (TPSA) is 53.5 Å². The summed E-state index contributed by atoms with van der Waals surface area (Å²) >= 11 is 0. The molecule has 0 aromatic carbocycles. The molecule has 0 unspecified atom stereocenters. The lowest BCUT2D eigenvalue weighted by molar-refractivity contribution is -0.00126. The molecule has 4 rings (SSSR count). The maximum absolute atomic E-state index is 11.8. The Balaban J connectivity index is 1.46. The van der Waals surface area contributed by atoms with Crippen molar-refractivity contribution in [2.75, 3.05) is 0 Å². The summed E-state index contributed by atoms with van der Waals surface area (Å²) in [4.78, 5) is 11.8. The third kappa shape index (κ3) is 2.99. The summed E-state index contributed by atoms with van der Waals surface area (Å²) in [6.45, 7) is 4.69. The fourth-order valence-corrected chi connectivity index (χ4v) is 4.17. The van der Waals surface area contributed by atoms with Crippen molar-refractivity contribution in [1.82, 2.24) is 10.7 Å². The third-order valence-electron chi connectivity index (χ3n) is 5.83. The molecule has 0 spiro atoms. The number of allylic oxidation sites excluding steroid dienone is 2. The van der Waals surface area contributed by atoms with Crippen LogP contribution in [0.2, 0.25) is 0 Å². The zero-order valence-electron chi connectivity index (χ0n) is 13.2. The van der Waals surface area contributed by atoms with Crippen LogP contribution in [0.15, 0.2) is 16.8 Å². The van der Waals surface area contributed by atoms with Crippen LogP contribution >= 0.6 is 0 Å². The summed E-state index contributed by atoms with van der Waals surface area (Å²) in [5.41, 5.74) is 4.32. The van der Waals surface area contributed by atoms with Gasteiger partial charge in [-0.05, 0) is 48.5 Å². The third-order valence-corrected chi connectivity index (χ3v) is 5.83. The number of fused-ring (bicyclic) bond motifs is 1. The van der Waals surface area contributed by atoms with E-state index in [1.165, 1.54) is 31.3 Å². The van der Waals surface area contributed by atoms with Crippen LogP contribution in [-0.4, -0.2) is 18.3 Å². The average Bonchev–Trinajstić information content (AvgIpc) is 2.48. The maximum atomic E-state index is 11.8. The maximum Gasteiger partial charge on any atom is 0.335 e. The first-order chi connectivity index (χ1) is 10.1. The second kappa shape index (κ2) is 5.82. The molecule has 0 radical (unpaired) electrons. The number of rotatable bonds is 3. The Kier molecular flexibility index (Phi) is 4.05. The molecule has 21 heavy (non-hydrogen) atoms. The number of urea groups is 1. The molecule has 4 heteroatoms. The molecular weight excluding hydrogens is 262 g/mol. The summed E-state index contributed by atoms with van der Waals surface area (Å²) in [6, 6.07) is 0.162. The van der Waals surface area contributed by atoms with E-state index >= 15 is 0 Å². The van der Waals surface area contributed by atoms with E-state index in [9.17, 15) is 4.79 Å². The normalized spacial score (nSPS) is 31.4. The minimum Gasteiger partial charge on any atom is -0.334 e. The fraction of sp³-hybridized carbons (Fsp3) is 0.765. The van der Waals surface area contributed by atoms with Crippen LogP contribution in [0.4, 0.5) is 4.79 Å². The minimum atomic E-state index is -0.166. The van der Waals surface area contributed by atoms with Gasteiger partial charge in [0.2, 0.25) is 0 Å². The van der Waals surface area contributed by atoms with Crippen molar-refractivity contribution in [2.45, 2.75) is 64.8 Å². The summed E-state index contributed by atoms with van der Waals surface area (Å²) < 4.78 is 0. The monoisotopic (exact) mass is 289 g/mol. The van der Waals surface area contributed by atoms with Gasteiger partial charge in [-0.2, -0.15) is 5.10 Å².